The summed E-state index contributed by atoms with van der Waals surface area (Å²) >= 11 is 0. The predicted molar refractivity (Wildman–Crippen MR) is 89.8 cm³/mol. The zero-order valence-corrected chi connectivity index (χ0v) is 13.2. The minimum absolute atomic E-state index is 0.0341. The zero-order valence-electron chi connectivity index (χ0n) is 13.2. The molecule has 2 N–H and O–H groups in total. The molecule has 3 rings (SSSR count). The molecule has 1 heterocycles. The van der Waals surface area contributed by atoms with E-state index < -0.39 is 5.82 Å². The van der Waals surface area contributed by atoms with Crippen LogP contribution in [0.1, 0.15) is 40.2 Å². The molecule has 0 aromatic heterocycles. The van der Waals surface area contributed by atoms with Gasteiger partial charge in [-0.25, -0.2) is 4.39 Å². The number of hydrogen-bond acceptors (Lipinski definition) is 3. The van der Waals surface area contributed by atoms with Crippen LogP contribution in [0.5, 0.6) is 0 Å². The molecule has 0 radical (unpaired) electrons. The van der Waals surface area contributed by atoms with Crippen molar-refractivity contribution in [1.82, 2.24) is 4.90 Å². The van der Waals surface area contributed by atoms with Crippen molar-refractivity contribution >= 4 is 11.6 Å². The number of benzene rings is 2. The molecular weight excluding hydrogens is 305 g/mol. The van der Waals surface area contributed by atoms with E-state index in [2.05, 4.69) is 6.07 Å². The SMILES string of the molecule is N#Cc1ccc(C2CCN(C(=O)c3cc(N)ccc3F)CC2)cc1. The summed E-state index contributed by atoms with van der Waals surface area (Å²) in [6.07, 6.45) is 1.64. The summed E-state index contributed by atoms with van der Waals surface area (Å²) in [5.74, 6) is -0.492. The molecule has 122 valence electrons. The van der Waals surface area contributed by atoms with E-state index in [1.807, 2.05) is 24.3 Å². The van der Waals surface area contributed by atoms with E-state index in [0.717, 1.165) is 12.8 Å². The Labute approximate surface area is 140 Å². The lowest BCUT2D eigenvalue weighted by molar-refractivity contribution is 0.0708. The molecule has 0 atom stereocenters. The van der Waals surface area contributed by atoms with E-state index >= 15 is 0 Å². The Bertz CT molecular complexity index is 787. The molecule has 1 fully saturated rings. The van der Waals surface area contributed by atoms with Crippen LogP contribution in [0.15, 0.2) is 42.5 Å². The molecular formula is C19H18FN3O. The molecule has 0 unspecified atom stereocenters. The minimum Gasteiger partial charge on any atom is -0.399 e. The number of carbonyl (C=O) groups is 1. The standard InChI is InChI=1S/C19H18FN3O/c20-18-6-5-16(22)11-17(18)19(24)23-9-7-15(8-10-23)14-3-1-13(12-21)2-4-14/h1-6,11,15H,7-10,22H2. The maximum Gasteiger partial charge on any atom is 0.256 e. The molecule has 1 aliphatic heterocycles. The highest BCUT2D eigenvalue weighted by molar-refractivity contribution is 5.95. The first-order valence-electron chi connectivity index (χ1n) is 7.93. The van der Waals surface area contributed by atoms with Crippen molar-refractivity contribution in [2.24, 2.45) is 0 Å². The van der Waals surface area contributed by atoms with Crippen LogP contribution in [0.3, 0.4) is 0 Å². The minimum atomic E-state index is -0.539. The van der Waals surface area contributed by atoms with Gasteiger partial charge in [-0.15, -0.1) is 0 Å². The average Bonchev–Trinajstić information content (AvgIpc) is 2.63. The van der Waals surface area contributed by atoms with E-state index in [-0.39, 0.29) is 11.5 Å². The second-order valence-electron chi connectivity index (χ2n) is 6.04. The van der Waals surface area contributed by atoms with Crippen molar-refractivity contribution in [3.8, 4) is 6.07 Å². The van der Waals surface area contributed by atoms with E-state index in [1.54, 1.807) is 4.90 Å². The number of nitrogen functional groups attached to an aromatic ring is 1. The van der Waals surface area contributed by atoms with E-state index in [9.17, 15) is 9.18 Å². The number of nitriles is 1. The number of likely N-dealkylation sites (tertiary alicyclic amines) is 1. The maximum absolute atomic E-state index is 13.9. The Morgan fingerprint density at radius 2 is 1.83 bits per heavy atom. The van der Waals surface area contributed by atoms with Crippen molar-refractivity contribution in [1.29, 1.82) is 5.26 Å². The van der Waals surface area contributed by atoms with Crippen LogP contribution in [0, 0.1) is 17.1 Å². The molecule has 0 aliphatic carbocycles. The van der Waals surface area contributed by atoms with E-state index in [0.29, 0.717) is 30.3 Å². The summed E-state index contributed by atoms with van der Waals surface area (Å²) in [4.78, 5) is 14.2. The lowest BCUT2D eigenvalue weighted by Gasteiger charge is -2.32. The van der Waals surface area contributed by atoms with Crippen LogP contribution in [0.25, 0.3) is 0 Å². The zero-order chi connectivity index (χ0) is 17.1. The van der Waals surface area contributed by atoms with Crippen LogP contribution in [-0.2, 0) is 0 Å². The van der Waals surface area contributed by atoms with Crippen molar-refractivity contribution in [2.45, 2.75) is 18.8 Å². The summed E-state index contributed by atoms with van der Waals surface area (Å²) in [5.41, 5.74) is 7.89. The molecule has 1 aliphatic rings. The van der Waals surface area contributed by atoms with Gasteiger partial charge < -0.3 is 10.6 Å². The Morgan fingerprint density at radius 1 is 1.17 bits per heavy atom. The Balaban J connectivity index is 1.67. The maximum atomic E-state index is 13.9. The van der Waals surface area contributed by atoms with E-state index in [1.165, 1.54) is 23.8 Å². The van der Waals surface area contributed by atoms with Gasteiger partial charge in [0, 0.05) is 18.8 Å². The van der Waals surface area contributed by atoms with Crippen LogP contribution in [0.4, 0.5) is 10.1 Å². The first kappa shape index (κ1) is 16.0. The number of nitrogens with two attached hydrogens (primary N) is 1. The quantitative estimate of drug-likeness (QED) is 0.862. The van der Waals surface area contributed by atoms with Crippen LogP contribution < -0.4 is 5.73 Å². The monoisotopic (exact) mass is 323 g/mol. The summed E-state index contributed by atoms with van der Waals surface area (Å²) in [6.45, 7) is 1.16. The van der Waals surface area contributed by atoms with Gasteiger partial charge in [-0.05, 0) is 54.7 Å². The number of anilines is 1. The topological polar surface area (TPSA) is 70.1 Å². The molecule has 24 heavy (non-hydrogen) atoms. The third kappa shape index (κ3) is 3.23. The van der Waals surface area contributed by atoms with Gasteiger partial charge in [0.05, 0.1) is 17.2 Å². The molecule has 2 aromatic carbocycles. The highest BCUT2D eigenvalue weighted by Crippen LogP contribution is 2.29. The second-order valence-corrected chi connectivity index (χ2v) is 6.04. The summed E-state index contributed by atoms with van der Waals surface area (Å²) in [6, 6.07) is 13.7. The van der Waals surface area contributed by atoms with Crippen LogP contribution >= 0.6 is 0 Å². The molecule has 4 nitrogen and oxygen atoms in total. The first-order chi connectivity index (χ1) is 11.6. The summed E-state index contributed by atoms with van der Waals surface area (Å²) in [5, 5.41) is 8.85. The number of hydrogen-bond donors (Lipinski definition) is 1. The molecule has 1 saturated heterocycles. The Kier molecular flexibility index (Phi) is 4.48. The highest BCUT2D eigenvalue weighted by atomic mass is 19.1. The van der Waals surface area contributed by atoms with E-state index in [4.69, 9.17) is 11.0 Å². The molecule has 0 bridgehead atoms. The fourth-order valence-electron chi connectivity index (χ4n) is 3.12. The fourth-order valence-corrected chi connectivity index (χ4v) is 3.12. The molecule has 2 aromatic rings. The number of carbonyl (C=O) groups excluding carboxylic acids is 1. The summed E-state index contributed by atoms with van der Waals surface area (Å²) in [7, 11) is 0. The van der Waals surface area contributed by atoms with Gasteiger partial charge in [0.25, 0.3) is 5.91 Å². The molecule has 0 saturated carbocycles. The van der Waals surface area contributed by atoms with Gasteiger partial charge in [-0.3, -0.25) is 4.79 Å². The van der Waals surface area contributed by atoms with Crippen LogP contribution in [-0.4, -0.2) is 23.9 Å². The molecule has 1 amide bonds. The van der Waals surface area contributed by atoms with Gasteiger partial charge in [0.2, 0.25) is 0 Å². The fraction of sp³-hybridized carbons (Fsp3) is 0.263. The van der Waals surface area contributed by atoms with Crippen molar-refractivity contribution < 1.29 is 9.18 Å². The largest absolute Gasteiger partial charge is 0.399 e. The van der Waals surface area contributed by atoms with Crippen molar-refractivity contribution in [2.75, 3.05) is 18.8 Å². The lowest BCUT2D eigenvalue weighted by atomic mass is 9.89. The van der Waals surface area contributed by atoms with Crippen molar-refractivity contribution in [3.05, 3.63) is 65.0 Å². The average molecular weight is 323 g/mol. The third-order valence-corrected chi connectivity index (χ3v) is 4.51. The smallest absolute Gasteiger partial charge is 0.256 e. The number of halogens is 1. The number of amides is 1. The highest BCUT2D eigenvalue weighted by Gasteiger charge is 2.26. The van der Waals surface area contributed by atoms with Crippen molar-refractivity contribution in [3.63, 3.8) is 0 Å². The van der Waals surface area contributed by atoms with Gasteiger partial charge in [-0.1, -0.05) is 12.1 Å². The number of nitrogens with zero attached hydrogens (tertiary/aromatic N) is 2. The molecule has 5 heteroatoms. The predicted octanol–water partition coefficient (Wildman–Crippen LogP) is 3.30. The van der Waals surface area contributed by atoms with Gasteiger partial charge in [0.1, 0.15) is 5.82 Å². The van der Waals surface area contributed by atoms with Gasteiger partial charge in [-0.2, -0.15) is 5.26 Å². The number of rotatable bonds is 2. The normalized spacial score (nSPS) is 15.1. The van der Waals surface area contributed by atoms with Crippen LogP contribution in [0.2, 0.25) is 0 Å². The third-order valence-electron chi connectivity index (χ3n) is 4.51. The first-order valence-corrected chi connectivity index (χ1v) is 7.93. The summed E-state index contributed by atoms with van der Waals surface area (Å²) < 4.78 is 13.9. The lowest BCUT2D eigenvalue weighted by Crippen LogP contribution is -2.38. The van der Waals surface area contributed by atoms with Gasteiger partial charge in [0.15, 0.2) is 0 Å². The molecule has 0 spiro atoms. The Hall–Kier alpha value is -2.87. The number of piperidine rings is 1. The van der Waals surface area contributed by atoms with Gasteiger partial charge >= 0.3 is 0 Å². The second kappa shape index (κ2) is 6.71. The Morgan fingerprint density at radius 3 is 2.46 bits per heavy atom.